The first-order chi connectivity index (χ1) is 11.3. The lowest BCUT2D eigenvalue weighted by Crippen LogP contribution is -2.39. The number of hydrogen-bond acceptors (Lipinski definition) is 3. The fraction of sp³-hybridized carbons (Fsp3) is 0.412. The molecule has 1 aromatic heterocycles. The summed E-state index contributed by atoms with van der Waals surface area (Å²) >= 11 is 1.82. The maximum Gasteiger partial charge on any atom is 0.191 e. The molecule has 0 bridgehead atoms. The summed E-state index contributed by atoms with van der Waals surface area (Å²) in [6.45, 7) is 2.59. The second-order valence-corrected chi connectivity index (χ2v) is 6.11. The first kappa shape index (κ1) is 17.4. The van der Waals surface area contributed by atoms with Gasteiger partial charge in [-0.2, -0.15) is 11.8 Å². The molecule has 0 saturated heterocycles. The summed E-state index contributed by atoms with van der Waals surface area (Å²) < 4.78 is 2.20. The monoisotopic (exact) mass is 331 g/mol. The van der Waals surface area contributed by atoms with Crippen LogP contribution in [0.3, 0.4) is 0 Å². The Bertz CT molecular complexity index is 594. The van der Waals surface area contributed by atoms with Gasteiger partial charge in [-0.15, -0.1) is 0 Å². The Morgan fingerprint density at radius 1 is 1.22 bits per heavy atom. The van der Waals surface area contributed by atoms with Crippen molar-refractivity contribution >= 4 is 17.7 Å². The number of aliphatic imine (C=N–C) groups is 1. The van der Waals surface area contributed by atoms with Gasteiger partial charge in [0.2, 0.25) is 0 Å². The second-order valence-electron chi connectivity index (χ2n) is 5.13. The van der Waals surface area contributed by atoms with Crippen molar-refractivity contribution in [2.24, 2.45) is 4.99 Å². The molecule has 0 unspecified atom stereocenters. The summed E-state index contributed by atoms with van der Waals surface area (Å²) in [5.74, 6) is 3.00. The van der Waals surface area contributed by atoms with Crippen LogP contribution in [-0.2, 0) is 13.0 Å². The molecular weight excluding hydrogens is 306 g/mol. The van der Waals surface area contributed by atoms with E-state index in [1.807, 2.05) is 30.2 Å². The van der Waals surface area contributed by atoms with Crippen LogP contribution in [0.4, 0.5) is 0 Å². The van der Waals surface area contributed by atoms with E-state index in [9.17, 15) is 0 Å². The van der Waals surface area contributed by atoms with Crippen molar-refractivity contribution in [2.75, 3.05) is 32.1 Å². The van der Waals surface area contributed by atoms with E-state index in [1.165, 1.54) is 5.56 Å². The van der Waals surface area contributed by atoms with Crippen molar-refractivity contribution in [2.45, 2.75) is 13.0 Å². The highest BCUT2D eigenvalue weighted by Crippen LogP contribution is 2.05. The predicted octanol–water partition coefficient (Wildman–Crippen LogP) is 2.00. The zero-order valence-corrected chi connectivity index (χ0v) is 14.6. The van der Waals surface area contributed by atoms with Gasteiger partial charge < -0.3 is 15.2 Å². The number of rotatable bonds is 8. The zero-order valence-electron chi connectivity index (χ0n) is 13.8. The Morgan fingerprint density at radius 3 is 2.74 bits per heavy atom. The number of guanidine groups is 1. The molecule has 6 heteroatoms. The lowest BCUT2D eigenvalue weighted by Gasteiger charge is -2.12. The first-order valence-electron chi connectivity index (χ1n) is 7.81. The molecule has 0 spiro atoms. The molecule has 124 valence electrons. The molecule has 2 aromatic rings. The van der Waals surface area contributed by atoms with Crippen LogP contribution < -0.4 is 10.6 Å². The van der Waals surface area contributed by atoms with Gasteiger partial charge in [-0.1, -0.05) is 30.3 Å². The quantitative estimate of drug-likeness (QED) is 0.441. The van der Waals surface area contributed by atoms with Crippen LogP contribution in [0.5, 0.6) is 0 Å². The third-order valence-corrected chi connectivity index (χ3v) is 4.07. The molecule has 5 nitrogen and oxygen atoms in total. The zero-order chi connectivity index (χ0) is 16.3. The number of nitrogens with one attached hydrogen (secondary N) is 2. The van der Waals surface area contributed by atoms with Gasteiger partial charge in [0.25, 0.3) is 0 Å². The topological polar surface area (TPSA) is 54.2 Å². The maximum absolute atomic E-state index is 4.47. The van der Waals surface area contributed by atoms with Gasteiger partial charge in [0.1, 0.15) is 5.82 Å². The highest BCUT2D eigenvalue weighted by Gasteiger charge is 2.04. The van der Waals surface area contributed by atoms with Crippen molar-refractivity contribution in [1.29, 1.82) is 0 Å². The fourth-order valence-electron chi connectivity index (χ4n) is 2.28. The molecule has 0 saturated carbocycles. The maximum atomic E-state index is 4.47. The summed E-state index contributed by atoms with van der Waals surface area (Å²) in [6, 6.07) is 10.5. The van der Waals surface area contributed by atoms with E-state index in [1.54, 1.807) is 7.05 Å². The molecule has 1 aromatic carbocycles. The van der Waals surface area contributed by atoms with Crippen LogP contribution in [0.1, 0.15) is 11.4 Å². The SMILES string of the molecule is CN=C(NCCSC)NCCc1nccn1Cc1ccccc1. The minimum absolute atomic E-state index is 0.810. The molecule has 23 heavy (non-hydrogen) atoms. The molecule has 2 rings (SSSR count). The Morgan fingerprint density at radius 2 is 2.00 bits per heavy atom. The molecule has 0 radical (unpaired) electrons. The van der Waals surface area contributed by atoms with E-state index in [4.69, 9.17) is 0 Å². The molecule has 0 fully saturated rings. The molecular formula is C17H25N5S. The van der Waals surface area contributed by atoms with Crippen molar-refractivity contribution in [3.8, 4) is 0 Å². The molecule has 0 atom stereocenters. The largest absolute Gasteiger partial charge is 0.356 e. The highest BCUT2D eigenvalue weighted by atomic mass is 32.2. The summed E-state index contributed by atoms with van der Waals surface area (Å²) in [6.07, 6.45) is 6.87. The lowest BCUT2D eigenvalue weighted by atomic mass is 10.2. The van der Waals surface area contributed by atoms with Gasteiger partial charge in [0, 0.05) is 51.2 Å². The number of benzene rings is 1. The number of imidazole rings is 1. The van der Waals surface area contributed by atoms with Crippen LogP contribution in [0.15, 0.2) is 47.7 Å². The average Bonchev–Trinajstić information content (AvgIpc) is 3.01. The number of aromatic nitrogens is 2. The van der Waals surface area contributed by atoms with Crippen molar-refractivity contribution in [1.82, 2.24) is 20.2 Å². The first-order valence-corrected chi connectivity index (χ1v) is 9.20. The third-order valence-electron chi connectivity index (χ3n) is 3.46. The van der Waals surface area contributed by atoms with E-state index in [0.717, 1.165) is 43.6 Å². The highest BCUT2D eigenvalue weighted by molar-refractivity contribution is 7.98. The van der Waals surface area contributed by atoms with Gasteiger partial charge in [0.05, 0.1) is 0 Å². The van der Waals surface area contributed by atoms with Gasteiger partial charge in [-0.25, -0.2) is 4.98 Å². The van der Waals surface area contributed by atoms with Crippen LogP contribution in [-0.4, -0.2) is 47.7 Å². The molecule has 1 heterocycles. The summed E-state index contributed by atoms with van der Waals surface area (Å²) in [5.41, 5.74) is 1.29. The van der Waals surface area contributed by atoms with Crippen LogP contribution >= 0.6 is 11.8 Å². The minimum Gasteiger partial charge on any atom is -0.356 e. The second kappa shape index (κ2) is 9.94. The average molecular weight is 331 g/mol. The molecule has 0 aliphatic rings. The van der Waals surface area contributed by atoms with E-state index in [-0.39, 0.29) is 0 Å². The Hall–Kier alpha value is -1.95. The smallest absolute Gasteiger partial charge is 0.191 e. The van der Waals surface area contributed by atoms with Crippen molar-refractivity contribution in [3.05, 3.63) is 54.1 Å². The number of thioether (sulfide) groups is 1. The van der Waals surface area contributed by atoms with Crippen LogP contribution in [0.2, 0.25) is 0 Å². The Labute approximate surface area is 142 Å². The minimum atomic E-state index is 0.810. The molecule has 0 aliphatic carbocycles. The van der Waals surface area contributed by atoms with E-state index < -0.39 is 0 Å². The fourth-order valence-corrected chi connectivity index (χ4v) is 2.58. The third kappa shape index (κ3) is 5.98. The van der Waals surface area contributed by atoms with Gasteiger partial charge in [0.15, 0.2) is 5.96 Å². The van der Waals surface area contributed by atoms with Gasteiger partial charge >= 0.3 is 0 Å². The van der Waals surface area contributed by atoms with E-state index in [2.05, 4.69) is 55.7 Å². The molecule has 2 N–H and O–H groups in total. The van der Waals surface area contributed by atoms with E-state index in [0.29, 0.717) is 0 Å². The van der Waals surface area contributed by atoms with Crippen molar-refractivity contribution < 1.29 is 0 Å². The summed E-state index contributed by atoms with van der Waals surface area (Å²) in [7, 11) is 1.80. The number of nitrogens with zero attached hydrogens (tertiary/aromatic N) is 3. The van der Waals surface area contributed by atoms with Gasteiger partial charge in [-0.3, -0.25) is 4.99 Å². The normalized spacial score (nSPS) is 11.5. The van der Waals surface area contributed by atoms with Gasteiger partial charge in [-0.05, 0) is 11.8 Å². The molecule has 0 aliphatic heterocycles. The summed E-state index contributed by atoms with van der Waals surface area (Å²) in [5, 5.41) is 6.63. The lowest BCUT2D eigenvalue weighted by molar-refractivity contribution is 0.696. The Kier molecular flexibility index (Phi) is 7.52. The summed E-state index contributed by atoms with van der Waals surface area (Å²) in [4.78, 5) is 8.70. The predicted molar refractivity (Wildman–Crippen MR) is 99.2 cm³/mol. The molecule has 0 amide bonds. The van der Waals surface area contributed by atoms with E-state index >= 15 is 0 Å². The standard InChI is InChI=1S/C17H25N5S/c1-18-17(21-11-13-23-2)20-9-8-16-19-10-12-22(16)14-15-6-4-3-5-7-15/h3-7,10,12H,8-9,11,13-14H2,1-2H3,(H2,18,20,21). The number of hydrogen-bond donors (Lipinski definition) is 2. The Balaban J connectivity index is 1.81. The van der Waals surface area contributed by atoms with Crippen molar-refractivity contribution in [3.63, 3.8) is 0 Å². The van der Waals surface area contributed by atoms with Crippen LogP contribution in [0, 0.1) is 0 Å². The van der Waals surface area contributed by atoms with Crippen LogP contribution in [0.25, 0.3) is 0 Å².